The summed E-state index contributed by atoms with van der Waals surface area (Å²) in [6, 6.07) is 8.41. The molecule has 0 aromatic heterocycles. The zero-order chi connectivity index (χ0) is 13.1. The molecule has 10 aliphatic rings. The van der Waals surface area contributed by atoms with Gasteiger partial charge in [-0.25, -0.2) is 0 Å². The summed E-state index contributed by atoms with van der Waals surface area (Å²) in [6.45, 7) is -2.94. The molecule has 21 heavy (non-hydrogen) atoms. The third-order valence-electron chi connectivity index (χ3n) is 16.2. The van der Waals surface area contributed by atoms with Gasteiger partial charge in [0.2, 0.25) is 0 Å². The maximum absolute atomic E-state index is 5.26. The minimum absolute atomic E-state index is 0.749. The van der Waals surface area contributed by atoms with E-state index in [9.17, 15) is 0 Å². The van der Waals surface area contributed by atoms with Crippen molar-refractivity contribution in [1.82, 2.24) is 0 Å². The van der Waals surface area contributed by atoms with Crippen LogP contribution in [0.1, 0.15) is 5.56 Å². The van der Waals surface area contributed by atoms with Gasteiger partial charge >= 0.3 is 113 Å². The molecule has 0 bridgehead atoms. The van der Waals surface area contributed by atoms with E-state index in [0.29, 0.717) is 0 Å². The second-order valence-electron chi connectivity index (χ2n) is 11.7. The maximum atomic E-state index is 5.26. The van der Waals surface area contributed by atoms with Gasteiger partial charge in [0.05, 0.1) is 0 Å². The Kier molecular flexibility index (Phi) is 0.297. The first-order chi connectivity index (χ1) is 10.1. The van der Waals surface area contributed by atoms with Crippen LogP contribution in [0.3, 0.4) is 0 Å². The summed E-state index contributed by atoms with van der Waals surface area (Å²) in [6.07, 6.45) is 0. The van der Waals surface area contributed by atoms with Gasteiger partial charge in [-0.15, -0.1) is 0 Å². The molecule has 0 aliphatic carbocycles. The van der Waals surface area contributed by atoms with E-state index in [-0.39, 0.29) is 0 Å². The number of ether oxygens (including phenoxy) is 1. The van der Waals surface area contributed by atoms with Gasteiger partial charge in [-0.05, 0) is 0 Å². The average Bonchev–Trinajstić information content (AvgIpc) is 3.47. The molecule has 4 atom stereocenters. The predicted octanol–water partition coefficient (Wildman–Crippen LogP) is 4.81. The van der Waals surface area contributed by atoms with Crippen LogP contribution in [0.15, 0.2) is 24.3 Å². The second kappa shape index (κ2) is 0.771. The van der Waals surface area contributed by atoms with Crippen LogP contribution in [0.5, 0.6) is 5.75 Å². The molecule has 10 aliphatic heterocycles. The first-order valence-corrected chi connectivity index (χ1v) is 14.7. The Morgan fingerprint density at radius 3 is 1.86 bits per heavy atom. The molecule has 106 valence electrons. The first kappa shape index (κ1) is 8.09. The molecule has 10 fully saturated rings. The molecule has 0 N–H and O–H groups in total. The Bertz CT molecular complexity index is 1220. The van der Waals surface area contributed by atoms with Crippen molar-refractivity contribution in [3.63, 3.8) is 0 Å². The van der Waals surface area contributed by atoms with E-state index < -0.39 is 6.51 Å². The van der Waals surface area contributed by atoms with Crippen molar-refractivity contribution in [2.75, 3.05) is 7.11 Å². The van der Waals surface area contributed by atoms with E-state index in [1.165, 1.54) is 48.9 Å². The summed E-state index contributed by atoms with van der Waals surface area (Å²) < 4.78 is 6.00. The summed E-state index contributed by atoms with van der Waals surface area (Å²) in [5.74, 6) is 8.62. The Labute approximate surface area is 113 Å². The van der Waals surface area contributed by atoms with Crippen LogP contribution < -0.4 is 4.74 Å². The Balaban J connectivity index is 1.25. The molecule has 10 heterocycles. The van der Waals surface area contributed by atoms with E-state index in [4.69, 9.17) is 4.74 Å². The van der Waals surface area contributed by atoms with Gasteiger partial charge in [0.1, 0.15) is 0 Å². The van der Waals surface area contributed by atoms with Gasteiger partial charge in [0, 0.05) is 0 Å². The Morgan fingerprint density at radius 1 is 0.905 bits per heavy atom. The molecule has 0 amide bonds. The summed E-state index contributed by atoms with van der Waals surface area (Å²) in [7, 11) is 1.73. The van der Waals surface area contributed by atoms with E-state index in [0.717, 1.165) is 10.1 Å². The van der Waals surface area contributed by atoms with E-state index in [1.54, 1.807) is 7.11 Å². The van der Waals surface area contributed by atoms with E-state index in [2.05, 4.69) is 36.1 Å². The normalized spacial score (nSPS) is 97.7. The van der Waals surface area contributed by atoms with Crippen LogP contribution in [0.4, 0.5) is 0 Å². The van der Waals surface area contributed by atoms with Crippen molar-refractivity contribution >= 4 is 0 Å². The minimum atomic E-state index is -2.94. The van der Waals surface area contributed by atoms with Gasteiger partial charge in [-0.3, -0.25) is 0 Å². The molecule has 2 heteroatoms. The number of benzene rings is 1. The van der Waals surface area contributed by atoms with Crippen molar-refractivity contribution in [1.29, 1.82) is 0 Å². The van der Waals surface area contributed by atoms with E-state index in [1.807, 2.05) is 0 Å². The van der Waals surface area contributed by atoms with Gasteiger partial charge in [-0.2, -0.15) is 0 Å². The van der Waals surface area contributed by atoms with E-state index >= 15 is 0 Å². The summed E-state index contributed by atoms with van der Waals surface area (Å²) in [5, 5.41) is 0. The molecule has 0 radical (unpaired) electrons. The van der Waals surface area contributed by atoms with Crippen molar-refractivity contribution < 1.29 is 11.2 Å². The molecule has 1 nitrogen and oxygen atoms in total. The molecule has 4 unspecified atom stereocenters. The monoisotopic (exact) mass is 316 g/mol. The summed E-state index contributed by atoms with van der Waals surface area (Å²) >= 11 is 0. The quantitative estimate of drug-likeness (QED) is 0.534. The van der Waals surface area contributed by atoms with Crippen LogP contribution >= 0.6 is 0 Å². The number of methoxy groups -OCH3 is 1. The third-order valence-corrected chi connectivity index (χ3v) is 58.4. The zero-order valence-corrected chi connectivity index (χ0v) is 12.9. The molecular weight excluding hydrogens is 300 g/mol. The van der Waals surface area contributed by atoms with Crippen LogP contribution in [0.2, 0.25) is 47.7 Å². The van der Waals surface area contributed by atoms with Crippen LogP contribution in [-0.4, -0.2) is 7.11 Å². The molecular formula is C19H16FeO. The van der Waals surface area contributed by atoms with Crippen molar-refractivity contribution in [3.05, 3.63) is 29.8 Å². The summed E-state index contributed by atoms with van der Waals surface area (Å²) in [4.78, 5) is 12.3. The van der Waals surface area contributed by atoms with Gasteiger partial charge in [-0.1, -0.05) is 0 Å². The molecule has 1 aromatic carbocycles. The van der Waals surface area contributed by atoms with Crippen LogP contribution in [0.25, 0.3) is 0 Å². The standard InChI is InChI=1S/C14H11O.C5H5.Fe/c1-15-14-10-8-13(9-11-14)7-6-12-4-2-3-5-12;1-2-4-5-3-1;/h2-5,8-11H,1H3;1-5H;. The van der Waals surface area contributed by atoms with Gasteiger partial charge < -0.3 is 0 Å². The Morgan fingerprint density at radius 2 is 1.48 bits per heavy atom. The molecule has 11 rings (SSSR count). The van der Waals surface area contributed by atoms with Gasteiger partial charge in [0.15, 0.2) is 0 Å². The number of rotatable bonds is 1. The Hall–Kier alpha value is -0.901. The van der Waals surface area contributed by atoms with Crippen LogP contribution in [0, 0.1) is 11.8 Å². The molecule has 1 spiro atoms. The fraction of sp³-hybridized carbons (Fsp3) is 0.579. The fourth-order valence-corrected chi connectivity index (χ4v) is 90.3. The van der Waals surface area contributed by atoms with Crippen LogP contribution in [-0.2, 0) is 6.51 Å². The molecule has 1 aromatic rings. The zero-order valence-electron chi connectivity index (χ0n) is 11.8. The number of hydrogen-bond acceptors (Lipinski definition) is 1. The first-order valence-electron chi connectivity index (χ1n) is 8.44. The van der Waals surface area contributed by atoms with Gasteiger partial charge in [0.25, 0.3) is 0 Å². The fourth-order valence-electron chi connectivity index (χ4n) is 17.4. The predicted molar refractivity (Wildman–Crippen MR) is 76.3 cm³/mol. The SMILES string of the molecule is COc1ccc(C#C[C]23[CH]4[CH]5[CH]6[CH]2[Fe]56432789[CH]3[CH]2[CH]7[CH]8[CH]39)cc1. The summed E-state index contributed by atoms with van der Waals surface area (Å²) in [5.41, 5.74) is 1.21. The second-order valence-corrected chi connectivity index (χ2v) is 35.2. The topological polar surface area (TPSA) is 9.23 Å². The van der Waals surface area contributed by atoms with Crippen molar-refractivity contribution in [2.24, 2.45) is 0 Å². The number of fused-ring (bicyclic) bond motifs is 10. The molecule has 0 saturated carbocycles. The molecule has 10 saturated heterocycles. The van der Waals surface area contributed by atoms with Crippen molar-refractivity contribution in [2.45, 2.75) is 47.7 Å². The number of hydrogen-bond donors (Lipinski definition) is 0. The third kappa shape index (κ3) is 0.105. The van der Waals surface area contributed by atoms with Crippen molar-refractivity contribution in [3.8, 4) is 17.6 Å². The average molecular weight is 316 g/mol.